The molecule has 21 heavy (non-hydrogen) atoms. The van der Waals surface area contributed by atoms with Crippen molar-refractivity contribution in [2.75, 3.05) is 5.43 Å². The average molecular weight is 281 g/mol. The number of nitro benzene ring substituents is 1. The van der Waals surface area contributed by atoms with Crippen molar-refractivity contribution in [2.24, 2.45) is 5.10 Å². The quantitative estimate of drug-likeness (QED) is 0.509. The van der Waals surface area contributed by atoms with E-state index in [-0.39, 0.29) is 5.69 Å². The summed E-state index contributed by atoms with van der Waals surface area (Å²) in [4.78, 5) is 10.4. The molecule has 0 atom stereocenters. The molecule has 0 amide bonds. The van der Waals surface area contributed by atoms with Crippen LogP contribution < -0.4 is 5.43 Å². The number of hydrazone groups is 1. The molecule has 0 spiro atoms. The zero-order valence-electron chi connectivity index (χ0n) is 11.6. The predicted octanol–water partition coefficient (Wildman–Crippen LogP) is 4.10. The third-order valence-electron chi connectivity index (χ3n) is 2.75. The van der Waals surface area contributed by atoms with E-state index in [1.54, 1.807) is 24.4 Å². The van der Waals surface area contributed by atoms with E-state index in [9.17, 15) is 10.1 Å². The molecule has 0 heterocycles. The van der Waals surface area contributed by atoms with Gasteiger partial charge in [0.2, 0.25) is 0 Å². The SMILES string of the molecule is CC(/C=N\Nc1ccccc1[N+](=O)[O-])=C\c1ccccc1. The summed E-state index contributed by atoms with van der Waals surface area (Å²) < 4.78 is 0. The minimum Gasteiger partial charge on any atom is -0.272 e. The number of nitrogens with one attached hydrogen (secondary N) is 1. The van der Waals surface area contributed by atoms with Crippen LogP contribution >= 0.6 is 0 Å². The Morgan fingerprint density at radius 2 is 1.81 bits per heavy atom. The third kappa shape index (κ3) is 4.28. The molecule has 5 nitrogen and oxygen atoms in total. The van der Waals surface area contributed by atoms with Gasteiger partial charge in [-0.05, 0) is 24.1 Å². The largest absolute Gasteiger partial charge is 0.294 e. The fraction of sp³-hybridized carbons (Fsp3) is 0.0625. The van der Waals surface area contributed by atoms with E-state index in [1.807, 2.05) is 43.3 Å². The van der Waals surface area contributed by atoms with Crippen LogP contribution in [0.3, 0.4) is 0 Å². The molecule has 5 heteroatoms. The smallest absolute Gasteiger partial charge is 0.272 e. The van der Waals surface area contributed by atoms with E-state index in [0.717, 1.165) is 11.1 Å². The summed E-state index contributed by atoms with van der Waals surface area (Å²) in [5, 5.41) is 14.9. The maximum atomic E-state index is 10.9. The van der Waals surface area contributed by atoms with Crippen molar-refractivity contribution in [2.45, 2.75) is 6.92 Å². The Hall–Kier alpha value is -2.95. The van der Waals surface area contributed by atoms with Gasteiger partial charge < -0.3 is 0 Å². The predicted molar refractivity (Wildman–Crippen MR) is 85.3 cm³/mol. The van der Waals surface area contributed by atoms with Crippen LogP contribution in [0.4, 0.5) is 11.4 Å². The van der Waals surface area contributed by atoms with Crippen molar-refractivity contribution in [3.63, 3.8) is 0 Å². The third-order valence-corrected chi connectivity index (χ3v) is 2.75. The lowest BCUT2D eigenvalue weighted by molar-refractivity contribution is -0.384. The van der Waals surface area contributed by atoms with Crippen molar-refractivity contribution >= 4 is 23.7 Å². The van der Waals surface area contributed by atoms with Crippen LogP contribution in [0.1, 0.15) is 12.5 Å². The number of anilines is 1. The monoisotopic (exact) mass is 281 g/mol. The number of nitro groups is 1. The molecule has 0 aromatic heterocycles. The molecule has 0 aliphatic carbocycles. The summed E-state index contributed by atoms with van der Waals surface area (Å²) in [5.41, 5.74) is 5.08. The number of hydrogen-bond acceptors (Lipinski definition) is 4. The Bertz CT molecular complexity index is 679. The Morgan fingerprint density at radius 1 is 1.14 bits per heavy atom. The number of para-hydroxylation sites is 2. The van der Waals surface area contributed by atoms with E-state index < -0.39 is 4.92 Å². The maximum Gasteiger partial charge on any atom is 0.294 e. The molecule has 2 aromatic rings. The number of nitrogens with zero attached hydrogens (tertiary/aromatic N) is 2. The highest BCUT2D eigenvalue weighted by molar-refractivity contribution is 5.85. The first-order chi connectivity index (χ1) is 10.2. The zero-order valence-corrected chi connectivity index (χ0v) is 11.6. The molecule has 0 fully saturated rings. The van der Waals surface area contributed by atoms with Gasteiger partial charge in [0.15, 0.2) is 0 Å². The van der Waals surface area contributed by atoms with Crippen LogP contribution in [0.5, 0.6) is 0 Å². The van der Waals surface area contributed by atoms with Gasteiger partial charge in [-0.15, -0.1) is 0 Å². The lowest BCUT2D eigenvalue weighted by Crippen LogP contribution is -1.96. The van der Waals surface area contributed by atoms with E-state index >= 15 is 0 Å². The first-order valence-electron chi connectivity index (χ1n) is 6.42. The molecule has 0 saturated heterocycles. The van der Waals surface area contributed by atoms with Crippen molar-refractivity contribution in [3.05, 3.63) is 75.8 Å². The Labute approximate surface area is 122 Å². The molecule has 0 aliphatic rings. The summed E-state index contributed by atoms with van der Waals surface area (Å²) >= 11 is 0. The molecular weight excluding hydrogens is 266 g/mol. The zero-order chi connectivity index (χ0) is 15.1. The standard InChI is InChI=1S/C16H15N3O2/c1-13(11-14-7-3-2-4-8-14)12-17-18-15-9-5-6-10-16(15)19(20)21/h2-12,18H,1H3/b13-11+,17-12-. The van der Waals surface area contributed by atoms with Gasteiger partial charge in [0, 0.05) is 6.07 Å². The lowest BCUT2D eigenvalue weighted by Gasteiger charge is -2.01. The molecule has 0 bridgehead atoms. The van der Waals surface area contributed by atoms with Crippen LogP contribution in [0.2, 0.25) is 0 Å². The number of rotatable bonds is 5. The molecule has 2 rings (SSSR count). The molecule has 0 radical (unpaired) electrons. The second-order valence-electron chi connectivity index (χ2n) is 4.44. The Balaban J connectivity index is 2.06. The van der Waals surface area contributed by atoms with Crippen LogP contribution in [0.25, 0.3) is 6.08 Å². The second-order valence-corrected chi connectivity index (χ2v) is 4.44. The van der Waals surface area contributed by atoms with E-state index in [0.29, 0.717) is 5.69 Å². The van der Waals surface area contributed by atoms with Crippen LogP contribution in [0.15, 0.2) is 65.3 Å². The van der Waals surface area contributed by atoms with Crippen LogP contribution in [0, 0.1) is 10.1 Å². The Morgan fingerprint density at radius 3 is 2.52 bits per heavy atom. The van der Waals surface area contributed by atoms with Gasteiger partial charge in [-0.25, -0.2) is 0 Å². The molecule has 1 N–H and O–H groups in total. The summed E-state index contributed by atoms with van der Waals surface area (Å²) in [5.74, 6) is 0. The summed E-state index contributed by atoms with van der Waals surface area (Å²) in [6.07, 6.45) is 3.61. The first-order valence-corrected chi connectivity index (χ1v) is 6.42. The molecule has 0 saturated carbocycles. The number of allylic oxidation sites excluding steroid dienone is 1. The minimum atomic E-state index is -0.440. The van der Waals surface area contributed by atoms with Crippen LogP contribution in [-0.2, 0) is 0 Å². The van der Waals surface area contributed by atoms with Gasteiger partial charge in [0.05, 0.1) is 11.1 Å². The van der Waals surface area contributed by atoms with Crippen molar-refractivity contribution in [1.29, 1.82) is 0 Å². The van der Waals surface area contributed by atoms with E-state index in [4.69, 9.17) is 0 Å². The van der Waals surface area contributed by atoms with Crippen LogP contribution in [-0.4, -0.2) is 11.1 Å². The van der Waals surface area contributed by atoms with Gasteiger partial charge >= 0.3 is 0 Å². The van der Waals surface area contributed by atoms with Gasteiger partial charge in [0.25, 0.3) is 5.69 Å². The highest BCUT2D eigenvalue weighted by Crippen LogP contribution is 2.22. The Kier molecular flexibility index (Phi) is 4.82. The molecule has 0 unspecified atom stereocenters. The van der Waals surface area contributed by atoms with Crippen molar-refractivity contribution in [1.82, 2.24) is 0 Å². The lowest BCUT2D eigenvalue weighted by atomic mass is 10.1. The highest BCUT2D eigenvalue weighted by Gasteiger charge is 2.10. The van der Waals surface area contributed by atoms with Gasteiger partial charge in [-0.1, -0.05) is 48.5 Å². The minimum absolute atomic E-state index is 0.000609. The fourth-order valence-electron chi connectivity index (χ4n) is 1.78. The summed E-state index contributed by atoms with van der Waals surface area (Å²) in [6.45, 7) is 1.91. The molecule has 106 valence electrons. The van der Waals surface area contributed by atoms with Crippen molar-refractivity contribution < 1.29 is 4.92 Å². The topological polar surface area (TPSA) is 67.5 Å². The normalized spacial score (nSPS) is 11.6. The van der Waals surface area contributed by atoms with Crippen molar-refractivity contribution in [3.8, 4) is 0 Å². The van der Waals surface area contributed by atoms with Gasteiger partial charge in [-0.3, -0.25) is 15.5 Å². The maximum absolute atomic E-state index is 10.9. The fourth-order valence-corrected chi connectivity index (χ4v) is 1.78. The summed E-state index contributed by atoms with van der Waals surface area (Å²) in [7, 11) is 0. The highest BCUT2D eigenvalue weighted by atomic mass is 16.6. The number of benzene rings is 2. The molecular formula is C16H15N3O2. The molecule has 2 aromatic carbocycles. The van der Waals surface area contributed by atoms with E-state index in [2.05, 4.69) is 10.5 Å². The van der Waals surface area contributed by atoms with Gasteiger partial charge in [0.1, 0.15) is 5.69 Å². The van der Waals surface area contributed by atoms with Gasteiger partial charge in [-0.2, -0.15) is 5.10 Å². The first kappa shape index (κ1) is 14.5. The summed E-state index contributed by atoms with van der Waals surface area (Å²) in [6, 6.07) is 16.3. The van der Waals surface area contributed by atoms with E-state index in [1.165, 1.54) is 6.07 Å². The average Bonchev–Trinajstić information content (AvgIpc) is 2.48. The second kappa shape index (κ2) is 7.00. The number of hydrogen-bond donors (Lipinski definition) is 1. The molecule has 0 aliphatic heterocycles.